The Morgan fingerprint density at radius 1 is 1.04 bits per heavy atom. The Balaban J connectivity index is 1.69. The van der Waals surface area contributed by atoms with Crippen molar-refractivity contribution in [1.29, 1.82) is 0 Å². The number of ketones is 1. The lowest BCUT2D eigenvalue weighted by Crippen LogP contribution is -2.67. The van der Waals surface area contributed by atoms with E-state index >= 15 is 0 Å². The van der Waals surface area contributed by atoms with Gasteiger partial charge in [-0.3, -0.25) is 4.79 Å². The second-order valence-electron chi connectivity index (χ2n) is 9.48. The molecule has 0 bridgehead atoms. The molecule has 3 nitrogen and oxygen atoms in total. The van der Waals surface area contributed by atoms with E-state index in [-0.39, 0.29) is 22.5 Å². The van der Waals surface area contributed by atoms with Gasteiger partial charge in [0.2, 0.25) is 0 Å². The van der Waals surface area contributed by atoms with E-state index in [9.17, 15) is 9.90 Å². The van der Waals surface area contributed by atoms with Gasteiger partial charge in [-0.15, -0.1) is 0 Å². The van der Waals surface area contributed by atoms with Gasteiger partial charge < -0.3 is 10.4 Å². The number of aliphatic hydroxyl groups is 1. The number of fused-ring (bicyclic) bond motifs is 5. The summed E-state index contributed by atoms with van der Waals surface area (Å²) in [5.74, 6) is 2.60. The fourth-order valence-electron chi connectivity index (χ4n) is 7.55. The van der Waals surface area contributed by atoms with E-state index in [0.29, 0.717) is 11.7 Å². The number of hydrogen-bond donors (Lipinski definition) is 2. The molecule has 4 aliphatic carbocycles. The zero-order chi connectivity index (χ0) is 16.5. The Labute approximate surface area is 140 Å². The van der Waals surface area contributed by atoms with Crippen LogP contribution in [-0.4, -0.2) is 29.6 Å². The number of aliphatic hydroxyl groups excluding tert-OH is 1. The first-order chi connectivity index (χ1) is 10.9. The van der Waals surface area contributed by atoms with Crippen LogP contribution in [0.5, 0.6) is 0 Å². The van der Waals surface area contributed by atoms with Crippen molar-refractivity contribution in [3.05, 3.63) is 0 Å². The maximum atomic E-state index is 12.5. The van der Waals surface area contributed by atoms with Gasteiger partial charge in [-0.2, -0.15) is 0 Å². The number of carbonyl (C=O) groups is 1. The summed E-state index contributed by atoms with van der Waals surface area (Å²) < 4.78 is 0. The summed E-state index contributed by atoms with van der Waals surface area (Å²) in [6.07, 6.45) is 9.49. The zero-order valence-corrected chi connectivity index (χ0v) is 15.0. The molecule has 4 fully saturated rings. The molecule has 0 aliphatic heterocycles. The molecule has 0 unspecified atom stereocenters. The third kappa shape index (κ3) is 1.93. The van der Waals surface area contributed by atoms with Crippen LogP contribution in [0.25, 0.3) is 0 Å². The summed E-state index contributed by atoms with van der Waals surface area (Å²) >= 11 is 0. The van der Waals surface area contributed by atoms with Gasteiger partial charge in [0.25, 0.3) is 0 Å². The normalized spacial score (nSPS) is 55.9. The van der Waals surface area contributed by atoms with Gasteiger partial charge >= 0.3 is 0 Å². The average molecular weight is 319 g/mol. The average Bonchev–Trinajstić information content (AvgIpc) is 2.84. The van der Waals surface area contributed by atoms with Crippen molar-refractivity contribution in [1.82, 2.24) is 5.32 Å². The molecule has 0 aromatic heterocycles. The maximum absolute atomic E-state index is 12.5. The lowest BCUT2D eigenvalue weighted by molar-refractivity contribution is -0.152. The summed E-state index contributed by atoms with van der Waals surface area (Å²) in [4.78, 5) is 12.5. The van der Waals surface area contributed by atoms with Crippen LogP contribution in [0.15, 0.2) is 0 Å². The molecule has 130 valence electrons. The Hall–Kier alpha value is -0.410. The molecule has 0 amide bonds. The minimum absolute atomic E-state index is 0.0225. The van der Waals surface area contributed by atoms with Crippen LogP contribution >= 0.6 is 0 Å². The first-order valence-corrected chi connectivity index (χ1v) is 9.77. The van der Waals surface area contributed by atoms with Crippen LogP contribution in [0, 0.1) is 28.6 Å². The van der Waals surface area contributed by atoms with E-state index in [1.54, 1.807) is 0 Å². The summed E-state index contributed by atoms with van der Waals surface area (Å²) in [6.45, 7) is 4.75. The molecule has 0 aromatic carbocycles. The second kappa shape index (κ2) is 5.05. The molecule has 0 aromatic rings. The molecule has 0 spiro atoms. The summed E-state index contributed by atoms with van der Waals surface area (Å²) in [6, 6.07) is 0. The Morgan fingerprint density at radius 3 is 2.57 bits per heavy atom. The van der Waals surface area contributed by atoms with Crippen LogP contribution in [0.4, 0.5) is 0 Å². The van der Waals surface area contributed by atoms with E-state index in [4.69, 9.17) is 0 Å². The first-order valence-electron chi connectivity index (χ1n) is 9.77. The molecular weight excluding hydrogens is 286 g/mol. The number of nitrogens with one attached hydrogen (secondary N) is 1. The Morgan fingerprint density at radius 2 is 1.83 bits per heavy atom. The first kappa shape index (κ1) is 16.1. The number of hydrogen-bond acceptors (Lipinski definition) is 3. The van der Waals surface area contributed by atoms with E-state index in [2.05, 4.69) is 26.2 Å². The van der Waals surface area contributed by atoms with Gasteiger partial charge in [-0.05, 0) is 81.6 Å². The van der Waals surface area contributed by atoms with Gasteiger partial charge in [-0.25, -0.2) is 0 Å². The topological polar surface area (TPSA) is 49.3 Å². The molecule has 0 radical (unpaired) electrons. The second-order valence-corrected chi connectivity index (χ2v) is 9.48. The Kier molecular flexibility index (Phi) is 3.53. The molecule has 0 saturated heterocycles. The minimum atomic E-state index is -0.144. The van der Waals surface area contributed by atoms with Crippen molar-refractivity contribution in [2.45, 2.75) is 83.3 Å². The van der Waals surface area contributed by atoms with Crippen molar-refractivity contribution >= 4 is 5.78 Å². The van der Waals surface area contributed by atoms with Crippen molar-refractivity contribution in [2.24, 2.45) is 28.6 Å². The molecule has 0 heterocycles. The standard InChI is InChI=1S/C20H33NO2/c1-18-9-8-16-14(15(18)4-5-17(18)23)7-11-20(21-3)12-13(22)6-10-19(16,20)2/h13-16,21-22H,4-12H2,1-3H3/t13-,14-,15-,16-,18-,19+,20+/m0/s1. The highest BCUT2D eigenvalue weighted by Gasteiger charge is 2.64. The lowest BCUT2D eigenvalue weighted by Gasteiger charge is -2.65. The highest BCUT2D eigenvalue weighted by atomic mass is 16.3. The van der Waals surface area contributed by atoms with Crippen LogP contribution in [0.3, 0.4) is 0 Å². The SMILES string of the molecule is CN[C@@]12CC[C@H]3[C@@H]4CCC(=O)[C@@]4(C)CC[C@@H]3[C@@]1(C)CC[C@H](O)C2. The van der Waals surface area contributed by atoms with Gasteiger partial charge in [-0.1, -0.05) is 13.8 Å². The summed E-state index contributed by atoms with van der Waals surface area (Å²) in [5, 5.41) is 14.0. The summed E-state index contributed by atoms with van der Waals surface area (Å²) in [7, 11) is 2.10. The fraction of sp³-hybridized carbons (Fsp3) is 0.950. The van der Waals surface area contributed by atoms with E-state index in [1.165, 1.54) is 19.3 Å². The van der Waals surface area contributed by atoms with Crippen LogP contribution in [0.2, 0.25) is 0 Å². The van der Waals surface area contributed by atoms with E-state index in [1.807, 2.05) is 0 Å². The van der Waals surface area contributed by atoms with Gasteiger partial charge in [0, 0.05) is 17.4 Å². The van der Waals surface area contributed by atoms with Crippen molar-refractivity contribution in [3.8, 4) is 0 Å². The Bertz CT molecular complexity index is 520. The molecule has 4 rings (SSSR count). The van der Waals surface area contributed by atoms with Crippen LogP contribution < -0.4 is 5.32 Å². The molecule has 2 N–H and O–H groups in total. The number of carbonyl (C=O) groups excluding carboxylic acids is 1. The molecule has 3 heteroatoms. The highest BCUT2D eigenvalue weighted by molar-refractivity contribution is 5.87. The van der Waals surface area contributed by atoms with Crippen molar-refractivity contribution in [3.63, 3.8) is 0 Å². The molecule has 4 saturated carbocycles. The molecule has 23 heavy (non-hydrogen) atoms. The third-order valence-corrected chi connectivity index (χ3v) is 9.02. The predicted octanol–water partition coefficient (Wildman–Crippen LogP) is 3.30. The van der Waals surface area contributed by atoms with Crippen LogP contribution in [-0.2, 0) is 4.79 Å². The number of Topliss-reactive ketones (excluding diaryl/α,β-unsaturated/α-hetero) is 1. The monoisotopic (exact) mass is 319 g/mol. The van der Waals surface area contributed by atoms with Gasteiger partial charge in [0.1, 0.15) is 5.78 Å². The summed E-state index contributed by atoms with van der Waals surface area (Å²) in [5.41, 5.74) is 0.352. The maximum Gasteiger partial charge on any atom is 0.139 e. The van der Waals surface area contributed by atoms with Crippen LogP contribution in [0.1, 0.15) is 71.6 Å². The van der Waals surface area contributed by atoms with E-state index in [0.717, 1.165) is 50.4 Å². The number of rotatable bonds is 1. The molecule has 4 aliphatic rings. The molecular formula is C20H33NO2. The zero-order valence-electron chi connectivity index (χ0n) is 15.0. The van der Waals surface area contributed by atoms with E-state index < -0.39 is 0 Å². The highest BCUT2D eigenvalue weighted by Crippen LogP contribution is 2.66. The van der Waals surface area contributed by atoms with Crippen molar-refractivity contribution in [2.75, 3.05) is 7.05 Å². The fourth-order valence-corrected chi connectivity index (χ4v) is 7.55. The lowest BCUT2D eigenvalue weighted by atomic mass is 9.42. The quantitative estimate of drug-likeness (QED) is 0.779. The predicted molar refractivity (Wildman–Crippen MR) is 91.0 cm³/mol. The van der Waals surface area contributed by atoms with Gasteiger partial charge in [0.05, 0.1) is 6.10 Å². The van der Waals surface area contributed by atoms with Crippen molar-refractivity contribution < 1.29 is 9.90 Å². The molecule has 7 atom stereocenters. The smallest absolute Gasteiger partial charge is 0.139 e. The van der Waals surface area contributed by atoms with Gasteiger partial charge in [0.15, 0.2) is 0 Å². The third-order valence-electron chi connectivity index (χ3n) is 9.02. The largest absolute Gasteiger partial charge is 0.393 e. The minimum Gasteiger partial charge on any atom is -0.393 e.